The van der Waals surface area contributed by atoms with Crippen LogP contribution < -0.4 is 5.73 Å². The third-order valence-electron chi connectivity index (χ3n) is 4.27. The quantitative estimate of drug-likeness (QED) is 0.771. The van der Waals surface area contributed by atoms with Crippen molar-refractivity contribution in [1.82, 2.24) is 4.90 Å². The Morgan fingerprint density at radius 3 is 2.58 bits per heavy atom. The number of hydrogen-bond acceptors (Lipinski definition) is 3. The second kappa shape index (κ2) is 8.54. The molecule has 0 aromatic rings. The molecule has 2 N–H and O–H groups in total. The molecule has 0 heterocycles. The van der Waals surface area contributed by atoms with E-state index in [1.54, 1.807) is 7.11 Å². The Bertz CT molecular complexity index is 267. The minimum Gasteiger partial charge on any atom is -0.383 e. The highest BCUT2D eigenvalue weighted by Gasteiger charge is 2.31. The molecule has 112 valence electrons. The van der Waals surface area contributed by atoms with Gasteiger partial charge in [0.15, 0.2) is 0 Å². The first-order chi connectivity index (χ1) is 9.13. The summed E-state index contributed by atoms with van der Waals surface area (Å²) < 4.78 is 5.15. The Labute approximate surface area is 117 Å². The van der Waals surface area contributed by atoms with Crippen molar-refractivity contribution in [3.8, 4) is 0 Å². The number of ether oxygens (including phenoxy) is 1. The van der Waals surface area contributed by atoms with Gasteiger partial charge in [0.2, 0.25) is 5.91 Å². The first-order valence-corrected chi connectivity index (χ1v) is 7.68. The SMILES string of the molecule is CCC(CC)N(CCOC)C(=O)C1CCCC(N)C1. The van der Waals surface area contributed by atoms with Crippen LogP contribution in [-0.2, 0) is 9.53 Å². The molecule has 0 aromatic carbocycles. The van der Waals surface area contributed by atoms with Crippen LogP contribution in [0.15, 0.2) is 0 Å². The second-order valence-corrected chi connectivity index (χ2v) is 5.62. The molecule has 0 aromatic heterocycles. The van der Waals surface area contributed by atoms with Crippen LogP contribution in [0.25, 0.3) is 0 Å². The van der Waals surface area contributed by atoms with Crippen LogP contribution in [0.1, 0.15) is 52.4 Å². The summed E-state index contributed by atoms with van der Waals surface area (Å²) in [6.45, 7) is 5.61. The first-order valence-electron chi connectivity index (χ1n) is 7.68. The average Bonchev–Trinajstić information content (AvgIpc) is 2.43. The van der Waals surface area contributed by atoms with Crippen LogP contribution in [0.3, 0.4) is 0 Å². The Morgan fingerprint density at radius 1 is 1.37 bits per heavy atom. The molecule has 1 rings (SSSR count). The van der Waals surface area contributed by atoms with Crippen LogP contribution in [0.4, 0.5) is 0 Å². The van der Waals surface area contributed by atoms with E-state index in [-0.39, 0.29) is 12.0 Å². The van der Waals surface area contributed by atoms with Crippen molar-refractivity contribution in [3.63, 3.8) is 0 Å². The fraction of sp³-hybridized carbons (Fsp3) is 0.933. The van der Waals surface area contributed by atoms with Gasteiger partial charge in [0.1, 0.15) is 0 Å². The van der Waals surface area contributed by atoms with Crippen LogP contribution in [0.2, 0.25) is 0 Å². The first kappa shape index (κ1) is 16.4. The summed E-state index contributed by atoms with van der Waals surface area (Å²) in [5.41, 5.74) is 6.01. The number of hydrogen-bond donors (Lipinski definition) is 1. The Kier molecular flexibility index (Phi) is 7.39. The van der Waals surface area contributed by atoms with E-state index < -0.39 is 0 Å². The molecule has 1 aliphatic carbocycles. The lowest BCUT2D eigenvalue weighted by atomic mass is 9.85. The molecule has 0 bridgehead atoms. The van der Waals surface area contributed by atoms with Gasteiger partial charge in [-0.25, -0.2) is 0 Å². The van der Waals surface area contributed by atoms with Crippen molar-refractivity contribution in [2.75, 3.05) is 20.3 Å². The van der Waals surface area contributed by atoms with E-state index in [1.165, 1.54) is 0 Å². The third-order valence-corrected chi connectivity index (χ3v) is 4.27. The third kappa shape index (κ3) is 4.77. The van der Waals surface area contributed by atoms with Crippen LogP contribution >= 0.6 is 0 Å². The monoisotopic (exact) mass is 270 g/mol. The molecule has 4 nitrogen and oxygen atoms in total. The number of rotatable bonds is 7. The minimum atomic E-state index is 0.126. The maximum atomic E-state index is 12.7. The van der Waals surface area contributed by atoms with Crippen LogP contribution in [-0.4, -0.2) is 43.2 Å². The van der Waals surface area contributed by atoms with Gasteiger partial charge in [0, 0.05) is 31.7 Å². The number of nitrogens with two attached hydrogens (primary N) is 1. The van der Waals surface area contributed by atoms with Gasteiger partial charge in [0.25, 0.3) is 0 Å². The molecular weight excluding hydrogens is 240 g/mol. The van der Waals surface area contributed by atoms with Gasteiger partial charge >= 0.3 is 0 Å². The fourth-order valence-corrected chi connectivity index (χ4v) is 3.08. The lowest BCUT2D eigenvalue weighted by Crippen LogP contribution is -2.46. The molecule has 2 atom stereocenters. The summed E-state index contributed by atoms with van der Waals surface area (Å²) in [6, 6.07) is 0.537. The predicted octanol–water partition coefficient (Wildman–Crippen LogP) is 2.17. The van der Waals surface area contributed by atoms with E-state index >= 15 is 0 Å². The standard InChI is InChI=1S/C15H30N2O2/c1-4-14(5-2)17(9-10-19-3)15(18)12-7-6-8-13(16)11-12/h12-14H,4-11,16H2,1-3H3. The van der Waals surface area contributed by atoms with Crippen molar-refractivity contribution in [3.05, 3.63) is 0 Å². The Hall–Kier alpha value is -0.610. The van der Waals surface area contributed by atoms with Gasteiger partial charge in [-0.05, 0) is 32.1 Å². The largest absolute Gasteiger partial charge is 0.383 e. The van der Waals surface area contributed by atoms with E-state index in [1.807, 2.05) is 4.90 Å². The van der Waals surface area contributed by atoms with Crippen molar-refractivity contribution in [2.45, 2.75) is 64.5 Å². The lowest BCUT2D eigenvalue weighted by Gasteiger charge is -2.35. The zero-order valence-corrected chi connectivity index (χ0v) is 12.7. The average molecular weight is 270 g/mol. The minimum absolute atomic E-state index is 0.126. The highest BCUT2D eigenvalue weighted by molar-refractivity contribution is 5.79. The van der Waals surface area contributed by atoms with E-state index in [9.17, 15) is 4.79 Å². The highest BCUT2D eigenvalue weighted by atomic mass is 16.5. The van der Waals surface area contributed by atoms with Gasteiger partial charge in [-0.2, -0.15) is 0 Å². The van der Waals surface area contributed by atoms with E-state index in [0.29, 0.717) is 25.1 Å². The molecule has 4 heteroatoms. The molecule has 1 fully saturated rings. The van der Waals surface area contributed by atoms with Gasteiger partial charge in [-0.3, -0.25) is 4.79 Å². The number of amides is 1. The molecule has 0 spiro atoms. The lowest BCUT2D eigenvalue weighted by molar-refractivity contribution is -0.140. The van der Waals surface area contributed by atoms with Gasteiger partial charge in [0.05, 0.1) is 6.61 Å². The summed E-state index contributed by atoms with van der Waals surface area (Å²) in [5, 5.41) is 0. The van der Waals surface area contributed by atoms with Crippen molar-refractivity contribution in [2.24, 2.45) is 11.7 Å². The van der Waals surface area contributed by atoms with Gasteiger partial charge in [-0.1, -0.05) is 20.3 Å². The molecule has 19 heavy (non-hydrogen) atoms. The van der Waals surface area contributed by atoms with Gasteiger partial charge < -0.3 is 15.4 Å². The molecule has 2 unspecified atom stereocenters. The van der Waals surface area contributed by atoms with Crippen LogP contribution in [0.5, 0.6) is 0 Å². The molecule has 1 aliphatic rings. The normalized spacial score (nSPS) is 23.6. The summed E-state index contributed by atoms with van der Waals surface area (Å²) in [7, 11) is 1.69. The molecule has 0 radical (unpaired) electrons. The summed E-state index contributed by atoms with van der Waals surface area (Å²) in [6.07, 6.45) is 6.00. The predicted molar refractivity (Wildman–Crippen MR) is 77.9 cm³/mol. The molecule has 0 aliphatic heterocycles. The Morgan fingerprint density at radius 2 is 2.05 bits per heavy atom. The van der Waals surface area contributed by atoms with Crippen LogP contribution in [0, 0.1) is 5.92 Å². The van der Waals surface area contributed by atoms with Crippen molar-refractivity contribution >= 4 is 5.91 Å². The maximum absolute atomic E-state index is 12.7. The zero-order chi connectivity index (χ0) is 14.3. The zero-order valence-electron chi connectivity index (χ0n) is 12.7. The molecule has 1 saturated carbocycles. The van der Waals surface area contributed by atoms with E-state index in [4.69, 9.17) is 10.5 Å². The number of nitrogens with zero attached hydrogens (tertiary/aromatic N) is 1. The number of carbonyl (C=O) groups excluding carboxylic acids is 1. The molecular formula is C15H30N2O2. The van der Waals surface area contributed by atoms with Crippen molar-refractivity contribution in [1.29, 1.82) is 0 Å². The summed E-state index contributed by atoms with van der Waals surface area (Å²) in [4.78, 5) is 14.8. The number of methoxy groups -OCH3 is 1. The second-order valence-electron chi connectivity index (χ2n) is 5.62. The topological polar surface area (TPSA) is 55.6 Å². The smallest absolute Gasteiger partial charge is 0.226 e. The summed E-state index contributed by atoms with van der Waals surface area (Å²) in [5.74, 6) is 0.419. The fourth-order valence-electron chi connectivity index (χ4n) is 3.08. The Balaban J connectivity index is 2.68. The maximum Gasteiger partial charge on any atom is 0.226 e. The van der Waals surface area contributed by atoms with E-state index in [0.717, 1.165) is 38.5 Å². The summed E-state index contributed by atoms with van der Waals surface area (Å²) >= 11 is 0. The van der Waals surface area contributed by atoms with E-state index in [2.05, 4.69) is 13.8 Å². The number of carbonyl (C=O) groups is 1. The van der Waals surface area contributed by atoms with Gasteiger partial charge in [-0.15, -0.1) is 0 Å². The molecule has 0 saturated heterocycles. The molecule has 1 amide bonds. The highest BCUT2D eigenvalue weighted by Crippen LogP contribution is 2.26. The van der Waals surface area contributed by atoms with Crippen molar-refractivity contribution < 1.29 is 9.53 Å².